The average molecular weight is 278 g/mol. The summed E-state index contributed by atoms with van der Waals surface area (Å²) >= 11 is 0. The van der Waals surface area contributed by atoms with Crippen LogP contribution in [0.4, 0.5) is 4.39 Å². The Morgan fingerprint density at radius 2 is 1.85 bits per heavy atom. The molecule has 20 heavy (non-hydrogen) atoms. The smallest absolute Gasteiger partial charge is 0.123 e. The Bertz CT molecular complexity index is 384. The Kier molecular flexibility index (Phi) is 5.99. The number of nitrogens with zero attached hydrogens (tertiary/aromatic N) is 1. The van der Waals surface area contributed by atoms with E-state index in [0.717, 1.165) is 24.4 Å². The maximum atomic E-state index is 12.9. The second-order valence-corrected chi connectivity index (χ2v) is 6.21. The Labute approximate surface area is 122 Å². The van der Waals surface area contributed by atoms with Gasteiger partial charge in [-0.3, -0.25) is 0 Å². The van der Waals surface area contributed by atoms with Gasteiger partial charge in [0.15, 0.2) is 0 Å². The third kappa shape index (κ3) is 4.88. The lowest BCUT2D eigenvalue weighted by Crippen LogP contribution is -2.29. The lowest BCUT2D eigenvalue weighted by atomic mass is 9.89. The summed E-state index contributed by atoms with van der Waals surface area (Å²) in [7, 11) is 2.19. The van der Waals surface area contributed by atoms with Gasteiger partial charge >= 0.3 is 0 Å². The third-order valence-corrected chi connectivity index (χ3v) is 4.41. The van der Waals surface area contributed by atoms with Gasteiger partial charge in [-0.15, -0.1) is 0 Å². The molecule has 1 saturated carbocycles. The van der Waals surface area contributed by atoms with Crippen LogP contribution in [-0.4, -0.2) is 25.0 Å². The fraction of sp³-hybridized carbons (Fsp3) is 0.647. The van der Waals surface area contributed by atoms with Gasteiger partial charge in [0.2, 0.25) is 0 Å². The molecule has 1 atom stereocenters. The van der Waals surface area contributed by atoms with Crippen molar-refractivity contribution in [1.29, 1.82) is 0 Å². The van der Waals surface area contributed by atoms with E-state index < -0.39 is 0 Å². The first kappa shape index (κ1) is 15.5. The minimum atomic E-state index is -0.199. The lowest BCUT2D eigenvalue weighted by molar-refractivity contribution is 0.228. The highest BCUT2D eigenvalue weighted by molar-refractivity contribution is 5.19. The summed E-state index contributed by atoms with van der Waals surface area (Å²) in [6.45, 7) is 2.20. The van der Waals surface area contributed by atoms with Crippen LogP contribution in [0.25, 0.3) is 0 Å². The molecule has 0 aliphatic heterocycles. The van der Waals surface area contributed by atoms with Crippen molar-refractivity contribution >= 4 is 0 Å². The molecule has 0 amide bonds. The van der Waals surface area contributed by atoms with Crippen molar-refractivity contribution in [3.63, 3.8) is 0 Å². The number of hydrogen-bond acceptors (Lipinski definition) is 2. The number of halogens is 1. The molecule has 0 bridgehead atoms. The van der Waals surface area contributed by atoms with Crippen LogP contribution in [-0.2, 0) is 0 Å². The summed E-state index contributed by atoms with van der Waals surface area (Å²) in [6.07, 6.45) is 7.90. The SMILES string of the molecule is CN(CCC(N)c1ccc(F)cc1)CC1CCCCC1. The Morgan fingerprint density at radius 1 is 1.20 bits per heavy atom. The first-order chi connectivity index (χ1) is 9.65. The van der Waals surface area contributed by atoms with E-state index >= 15 is 0 Å². The zero-order chi connectivity index (χ0) is 14.4. The molecule has 1 aromatic rings. The van der Waals surface area contributed by atoms with Crippen LogP contribution in [0.5, 0.6) is 0 Å². The highest BCUT2D eigenvalue weighted by atomic mass is 19.1. The van der Waals surface area contributed by atoms with Crippen molar-refractivity contribution in [2.24, 2.45) is 11.7 Å². The van der Waals surface area contributed by atoms with Gasteiger partial charge in [0.05, 0.1) is 0 Å². The van der Waals surface area contributed by atoms with Crippen LogP contribution < -0.4 is 5.73 Å². The second kappa shape index (κ2) is 7.75. The molecule has 0 heterocycles. The van der Waals surface area contributed by atoms with Gasteiger partial charge in [0.25, 0.3) is 0 Å². The summed E-state index contributed by atoms with van der Waals surface area (Å²) < 4.78 is 12.9. The fourth-order valence-electron chi connectivity index (χ4n) is 3.14. The summed E-state index contributed by atoms with van der Waals surface area (Å²) in [6, 6.07) is 6.56. The molecule has 1 unspecified atom stereocenters. The van der Waals surface area contributed by atoms with E-state index in [0.29, 0.717) is 0 Å². The Hall–Kier alpha value is -0.930. The predicted molar refractivity (Wildman–Crippen MR) is 82.0 cm³/mol. The molecule has 112 valence electrons. The van der Waals surface area contributed by atoms with Crippen molar-refractivity contribution in [1.82, 2.24) is 4.90 Å². The van der Waals surface area contributed by atoms with Gasteiger partial charge in [0, 0.05) is 12.6 Å². The van der Waals surface area contributed by atoms with Crippen molar-refractivity contribution in [2.45, 2.75) is 44.6 Å². The third-order valence-electron chi connectivity index (χ3n) is 4.41. The summed E-state index contributed by atoms with van der Waals surface area (Å²) in [5.74, 6) is 0.672. The normalized spacial score (nSPS) is 18.4. The lowest BCUT2D eigenvalue weighted by Gasteiger charge is -2.27. The maximum absolute atomic E-state index is 12.9. The van der Waals surface area contributed by atoms with E-state index in [9.17, 15) is 4.39 Å². The first-order valence-corrected chi connectivity index (χ1v) is 7.85. The molecular weight excluding hydrogens is 251 g/mol. The monoisotopic (exact) mass is 278 g/mol. The highest BCUT2D eigenvalue weighted by Crippen LogP contribution is 2.24. The van der Waals surface area contributed by atoms with Gasteiger partial charge in [-0.25, -0.2) is 4.39 Å². The molecular formula is C17H27FN2. The predicted octanol–water partition coefficient (Wildman–Crippen LogP) is 3.73. The molecule has 2 N–H and O–H groups in total. The average Bonchev–Trinajstić information content (AvgIpc) is 2.46. The van der Waals surface area contributed by atoms with Crippen molar-refractivity contribution < 1.29 is 4.39 Å². The number of rotatable bonds is 6. The highest BCUT2D eigenvalue weighted by Gasteiger charge is 2.16. The first-order valence-electron chi connectivity index (χ1n) is 7.85. The number of hydrogen-bond donors (Lipinski definition) is 1. The van der Waals surface area contributed by atoms with E-state index in [1.54, 1.807) is 12.1 Å². The largest absolute Gasteiger partial charge is 0.324 e. The van der Waals surface area contributed by atoms with Crippen molar-refractivity contribution in [2.75, 3.05) is 20.1 Å². The van der Waals surface area contributed by atoms with E-state index in [-0.39, 0.29) is 11.9 Å². The van der Waals surface area contributed by atoms with E-state index in [2.05, 4.69) is 11.9 Å². The summed E-state index contributed by atoms with van der Waals surface area (Å²) in [5, 5.41) is 0. The topological polar surface area (TPSA) is 29.3 Å². The van der Waals surface area contributed by atoms with Gasteiger partial charge in [0.1, 0.15) is 5.82 Å². The fourth-order valence-corrected chi connectivity index (χ4v) is 3.14. The van der Waals surface area contributed by atoms with E-state index in [4.69, 9.17) is 5.73 Å². The zero-order valence-corrected chi connectivity index (χ0v) is 12.5. The minimum Gasteiger partial charge on any atom is -0.324 e. The van der Waals surface area contributed by atoms with Gasteiger partial charge < -0.3 is 10.6 Å². The molecule has 0 aromatic heterocycles. The number of nitrogens with two attached hydrogens (primary N) is 1. The molecule has 1 fully saturated rings. The molecule has 1 aromatic carbocycles. The molecule has 1 aliphatic rings. The summed E-state index contributed by atoms with van der Waals surface area (Å²) in [4.78, 5) is 2.40. The summed E-state index contributed by atoms with van der Waals surface area (Å²) in [5.41, 5.74) is 7.20. The number of benzene rings is 1. The Balaban J connectivity index is 1.71. The van der Waals surface area contributed by atoms with E-state index in [1.165, 1.54) is 50.8 Å². The van der Waals surface area contributed by atoms with Crippen LogP contribution in [0.2, 0.25) is 0 Å². The standard InChI is InChI=1S/C17H27FN2/c1-20(13-14-5-3-2-4-6-14)12-11-17(19)15-7-9-16(18)10-8-15/h7-10,14,17H,2-6,11-13,19H2,1H3. The zero-order valence-electron chi connectivity index (χ0n) is 12.5. The van der Waals surface area contributed by atoms with Gasteiger partial charge in [-0.2, -0.15) is 0 Å². The maximum Gasteiger partial charge on any atom is 0.123 e. The van der Waals surface area contributed by atoms with Crippen molar-refractivity contribution in [3.8, 4) is 0 Å². The van der Waals surface area contributed by atoms with Crippen LogP contribution in [0.1, 0.15) is 50.1 Å². The second-order valence-electron chi connectivity index (χ2n) is 6.21. The quantitative estimate of drug-likeness (QED) is 0.859. The molecule has 3 heteroatoms. The van der Waals surface area contributed by atoms with Crippen molar-refractivity contribution in [3.05, 3.63) is 35.6 Å². The van der Waals surface area contributed by atoms with Crippen LogP contribution in [0.15, 0.2) is 24.3 Å². The molecule has 2 nitrogen and oxygen atoms in total. The van der Waals surface area contributed by atoms with Crippen LogP contribution in [0.3, 0.4) is 0 Å². The molecule has 0 spiro atoms. The van der Waals surface area contributed by atoms with Gasteiger partial charge in [-0.05, 0) is 56.5 Å². The molecule has 2 rings (SSSR count). The Morgan fingerprint density at radius 3 is 2.50 bits per heavy atom. The molecule has 0 radical (unpaired) electrons. The molecule has 0 saturated heterocycles. The molecule has 1 aliphatic carbocycles. The minimum absolute atomic E-state index is 0.00408. The van der Waals surface area contributed by atoms with Crippen LogP contribution >= 0.6 is 0 Å². The van der Waals surface area contributed by atoms with E-state index in [1.807, 2.05) is 0 Å². The van der Waals surface area contributed by atoms with Gasteiger partial charge in [-0.1, -0.05) is 31.4 Å². The van der Waals surface area contributed by atoms with Crippen LogP contribution in [0, 0.1) is 11.7 Å².